The molecule has 0 bridgehead atoms. The fraction of sp³-hybridized carbons (Fsp3) is 0.176. The van der Waals surface area contributed by atoms with Crippen molar-refractivity contribution in [2.24, 2.45) is 0 Å². The molecule has 1 fully saturated rings. The summed E-state index contributed by atoms with van der Waals surface area (Å²) in [6.07, 6.45) is 2.17. The van der Waals surface area contributed by atoms with Crippen LogP contribution in [-0.2, 0) is 0 Å². The minimum atomic E-state index is -0.164. The number of benzene rings is 2. The van der Waals surface area contributed by atoms with E-state index < -0.39 is 0 Å². The number of aromatic amines is 1. The number of hydrogen-bond acceptors (Lipinski definition) is 3. The number of hydrogen-bond donors (Lipinski definition) is 1. The molecule has 0 radical (unpaired) electrons. The Labute approximate surface area is 121 Å². The summed E-state index contributed by atoms with van der Waals surface area (Å²) in [6, 6.07) is 15.3. The van der Waals surface area contributed by atoms with Gasteiger partial charge in [0.1, 0.15) is 11.6 Å². The summed E-state index contributed by atoms with van der Waals surface area (Å²) in [4.78, 5) is 18.8. The highest BCUT2D eigenvalue weighted by molar-refractivity contribution is 5.83. The van der Waals surface area contributed by atoms with Crippen molar-refractivity contribution in [3.63, 3.8) is 0 Å². The third-order valence-electron chi connectivity index (χ3n) is 3.64. The quantitative estimate of drug-likeness (QED) is 0.796. The molecule has 0 amide bonds. The van der Waals surface area contributed by atoms with Crippen LogP contribution in [0.5, 0.6) is 11.6 Å². The molecule has 1 aliphatic rings. The van der Waals surface area contributed by atoms with Crippen LogP contribution in [0.4, 0.5) is 0 Å². The molecule has 3 aromatic rings. The maximum Gasteiger partial charge on any atom is 0.254 e. The van der Waals surface area contributed by atoms with Crippen molar-refractivity contribution in [2.45, 2.75) is 18.8 Å². The molecule has 0 saturated heterocycles. The number of rotatable bonds is 3. The normalized spacial score (nSPS) is 14.3. The number of fused-ring (bicyclic) bond motifs is 1. The molecule has 1 N–H and O–H groups in total. The molecular weight excluding hydrogens is 264 g/mol. The van der Waals surface area contributed by atoms with E-state index >= 15 is 0 Å². The predicted octanol–water partition coefficient (Wildman–Crippen LogP) is 3.59. The van der Waals surface area contributed by atoms with Gasteiger partial charge in [0, 0.05) is 5.92 Å². The first kappa shape index (κ1) is 12.1. The molecule has 104 valence electrons. The number of aromatic nitrogens is 2. The van der Waals surface area contributed by atoms with E-state index in [1.807, 2.05) is 36.4 Å². The molecule has 4 nitrogen and oxygen atoms in total. The minimum absolute atomic E-state index is 0.164. The SMILES string of the molecule is O=c1cc(Oc2ccc3ccccc3c2)nc(C2CC2)[nH]1. The van der Waals surface area contributed by atoms with E-state index in [0.29, 0.717) is 17.5 Å². The Hall–Kier alpha value is -2.62. The molecule has 0 aliphatic heterocycles. The zero-order valence-electron chi connectivity index (χ0n) is 11.4. The lowest BCUT2D eigenvalue weighted by Crippen LogP contribution is -2.10. The Morgan fingerprint density at radius 1 is 1.05 bits per heavy atom. The second-order valence-electron chi connectivity index (χ2n) is 5.35. The number of nitrogens with one attached hydrogen (secondary N) is 1. The molecule has 1 saturated carbocycles. The molecule has 4 heteroatoms. The fourth-order valence-corrected chi connectivity index (χ4v) is 2.41. The molecule has 0 spiro atoms. The first-order valence-corrected chi connectivity index (χ1v) is 7.06. The summed E-state index contributed by atoms with van der Waals surface area (Å²) < 4.78 is 5.75. The molecule has 1 aliphatic carbocycles. The van der Waals surface area contributed by atoms with Gasteiger partial charge in [-0.2, -0.15) is 4.98 Å². The summed E-state index contributed by atoms with van der Waals surface area (Å²) in [5.74, 6) is 2.17. The van der Waals surface area contributed by atoms with Gasteiger partial charge in [-0.1, -0.05) is 30.3 Å². The van der Waals surface area contributed by atoms with E-state index in [1.54, 1.807) is 0 Å². The molecule has 0 unspecified atom stereocenters. The highest BCUT2D eigenvalue weighted by atomic mass is 16.5. The molecule has 21 heavy (non-hydrogen) atoms. The maximum absolute atomic E-state index is 11.7. The summed E-state index contributed by atoms with van der Waals surface area (Å²) in [5, 5.41) is 2.25. The van der Waals surface area contributed by atoms with Crippen molar-refractivity contribution in [2.75, 3.05) is 0 Å². The average molecular weight is 278 g/mol. The molecule has 1 heterocycles. The van der Waals surface area contributed by atoms with Crippen LogP contribution >= 0.6 is 0 Å². The van der Waals surface area contributed by atoms with Crippen molar-refractivity contribution in [1.82, 2.24) is 9.97 Å². The standard InChI is InChI=1S/C17H14N2O2/c20-15-10-16(19-17(18-15)12-5-6-12)21-14-8-7-11-3-1-2-4-13(11)9-14/h1-4,7-10,12H,5-6H2,(H,18,19,20). The van der Waals surface area contributed by atoms with Gasteiger partial charge in [-0.05, 0) is 35.7 Å². The Balaban J connectivity index is 1.69. The first-order valence-electron chi connectivity index (χ1n) is 7.06. The van der Waals surface area contributed by atoms with Crippen molar-refractivity contribution < 1.29 is 4.74 Å². The summed E-state index contributed by atoms with van der Waals surface area (Å²) in [6.45, 7) is 0. The lowest BCUT2D eigenvalue weighted by atomic mass is 10.1. The van der Waals surface area contributed by atoms with Gasteiger partial charge in [0.2, 0.25) is 5.88 Å². The zero-order valence-corrected chi connectivity index (χ0v) is 11.4. The summed E-state index contributed by atoms with van der Waals surface area (Å²) in [5.41, 5.74) is -0.164. The lowest BCUT2D eigenvalue weighted by Gasteiger charge is -2.07. The third-order valence-corrected chi connectivity index (χ3v) is 3.64. The van der Waals surface area contributed by atoms with E-state index in [9.17, 15) is 4.79 Å². The summed E-state index contributed by atoms with van der Waals surface area (Å²) in [7, 11) is 0. The van der Waals surface area contributed by atoms with Crippen molar-refractivity contribution >= 4 is 10.8 Å². The van der Waals surface area contributed by atoms with Crippen LogP contribution in [0.2, 0.25) is 0 Å². The van der Waals surface area contributed by atoms with Crippen LogP contribution in [-0.4, -0.2) is 9.97 Å². The number of nitrogens with zero attached hydrogens (tertiary/aromatic N) is 1. The van der Waals surface area contributed by atoms with E-state index in [-0.39, 0.29) is 5.56 Å². The van der Waals surface area contributed by atoms with Crippen LogP contribution in [0.1, 0.15) is 24.6 Å². The van der Waals surface area contributed by atoms with Gasteiger partial charge in [0.25, 0.3) is 5.56 Å². The summed E-state index contributed by atoms with van der Waals surface area (Å²) >= 11 is 0. The van der Waals surface area contributed by atoms with E-state index in [1.165, 1.54) is 6.07 Å². The molecule has 4 rings (SSSR count). The van der Waals surface area contributed by atoms with Gasteiger partial charge in [0.05, 0.1) is 6.07 Å². The molecule has 2 aromatic carbocycles. The highest BCUT2D eigenvalue weighted by Crippen LogP contribution is 2.38. The van der Waals surface area contributed by atoms with Gasteiger partial charge in [-0.25, -0.2) is 0 Å². The topological polar surface area (TPSA) is 55.0 Å². The van der Waals surface area contributed by atoms with Gasteiger partial charge in [0.15, 0.2) is 0 Å². The van der Waals surface area contributed by atoms with Crippen LogP contribution < -0.4 is 10.3 Å². The van der Waals surface area contributed by atoms with Crippen LogP contribution in [0.3, 0.4) is 0 Å². The smallest absolute Gasteiger partial charge is 0.254 e. The average Bonchev–Trinajstić information content (AvgIpc) is 3.31. The Bertz CT molecular complexity index is 866. The number of H-pyrrole nitrogens is 1. The van der Waals surface area contributed by atoms with E-state index in [4.69, 9.17) is 4.74 Å². The second-order valence-corrected chi connectivity index (χ2v) is 5.35. The maximum atomic E-state index is 11.7. The monoisotopic (exact) mass is 278 g/mol. The Morgan fingerprint density at radius 3 is 2.67 bits per heavy atom. The van der Waals surface area contributed by atoms with Gasteiger partial charge >= 0.3 is 0 Å². The van der Waals surface area contributed by atoms with Crippen LogP contribution in [0, 0.1) is 0 Å². The Morgan fingerprint density at radius 2 is 1.86 bits per heavy atom. The predicted molar refractivity (Wildman–Crippen MR) is 80.9 cm³/mol. The lowest BCUT2D eigenvalue weighted by molar-refractivity contribution is 0.458. The van der Waals surface area contributed by atoms with E-state index in [0.717, 1.165) is 29.4 Å². The minimum Gasteiger partial charge on any atom is -0.439 e. The molecule has 1 aromatic heterocycles. The van der Waals surface area contributed by atoms with E-state index in [2.05, 4.69) is 16.0 Å². The van der Waals surface area contributed by atoms with Crippen molar-refractivity contribution in [3.8, 4) is 11.6 Å². The third kappa shape index (κ3) is 2.52. The highest BCUT2D eigenvalue weighted by Gasteiger charge is 2.26. The van der Waals surface area contributed by atoms with Crippen molar-refractivity contribution in [1.29, 1.82) is 0 Å². The van der Waals surface area contributed by atoms with Gasteiger partial charge < -0.3 is 9.72 Å². The zero-order chi connectivity index (χ0) is 14.2. The largest absolute Gasteiger partial charge is 0.439 e. The van der Waals surface area contributed by atoms with Gasteiger partial charge in [-0.15, -0.1) is 0 Å². The molecule has 0 atom stereocenters. The van der Waals surface area contributed by atoms with Crippen LogP contribution in [0.15, 0.2) is 53.3 Å². The van der Waals surface area contributed by atoms with Gasteiger partial charge in [-0.3, -0.25) is 4.79 Å². The first-order chi connectivity index (χ1) is 10.3. The second kappa shape index (κ2) is 4.74. The van der Waals surface area contributed by atoms with Crippen molar-refractivity contribution in [3.05, 3.63) is 64.7 Å². The number of ether oxygens (including phenoxy) is 1. The molecular formula is C17H14N2O2. The fourth-order valence-electron chi connectivity index (χ4n) is 2.41. The van der Waals surface area contributed by atoms with Crippen LogP contribution in [0.25, 0.3) is 10.8 Å². The Kier molecular flexibility index (Phi) is 2.74.